The third-order valence-corrected chi connectivity index (χ3v) is 4.84. The Kier molecular flexibility index (Phi) is 9.19. The lowest BCUT2D eigenvalue weighted by Gasteiger charge is -2.28. The highest BCUT2D eigenvalue weighted by Gasteiger charge is 2.25. The topological polar surface area (TPSA) is 67.9 Å². The van der Waals surface area contributed by atoms with Crippen LogP contribution in [-0.2, 0) is 22.6 Å². The number of ether oxygens (including phenoxy) is 2. The van der Waals surface area contributed by atoms with E-state index in [1.54, 1.807) is 18.9 Å². The zero-order chi connectivity index (χ0) is 21.9. The van der Waals surface area contributed by atoms with Gasteiger partial charge >= 0.3 is 0 Å². The standard InChI is InChI=1S/C24H32N2O4/c1-5-29-21-14-12-19(16-22(21)30-6-2)13-15-23(27)26(18(3)24(28)25-4)17-20-10-8-7-9-11-20/h7-12,14,16,18H,5-6,13,15,17H2,1-4H3,(H,25,28)/t18-/m1/s1. The molecular formula is C24H32N2O4. The lowest BCUT2D eigenvalue weighted by atomic mass is 10.1. The Hall–Kier alpha value is -3.02. The van der Waals surface area contributed by atoms with Crippen LogP contribution in [0.5, 0.6) is 11.5 Å². The third-order valence-electron chi connectivity index (χ3n) is 4.84. The van der Waals surface area contributed by atoms with Gasteiger partial charge in [0, 0.05) is 20.0 Å². The second kappa shape index (κ2) is 11.9. The summed E-state index contributed by atoms with van der Waals surface area (Å²) in [7, 11) is 1.58. The van der Waals surface area contributed by atoms with E-state index in [1.165, 1.54) is 0 Å². The summed E-state index contributed by atoms with van der Waals surface area (Å²) in [6, 6.07) is 14.9. The molecule has 0 aromatic heterocycles. The van der Waals surface area contributed by atoms with Crippen LogP contribution in [-0.4, -0.2) is 43.0 Å². The van der Waals surface area contributed by atoms with E-state index in [9.17, 15) is 9.59 Å². The van der Waals surface area contributed by atoms with Crippen LogP contribution >= 0.6 is 0 Å². The van der Waals surface area contributed by atoms with E-state index in [0.29, 0.717) is 44.1 Å². The first-order chi connectivity index (χ1) is 14.5. The molecule has 0 saturated heterocycles. The SMILES string of the molecule is CCOc1ccc(CCC(=O)N(Cc2ccccc2)[C@H](C)C(=O)NC)cc1OCC. The number of rotatable bonds is 11. The molecular weight excluding hydrogens is 380 g/mol. The van der Waals surface area contributed by atoms with Gasteiger partial charge in [-0.15, -0.1) is 0 Å². The molecule has 6 heteroatoms. The first-order valence-corrected chi connectivity index (χ1v) is 10.4. The van der Waals surface area contributed by atoms with E-state index in [0.717, 1.165) is 11.1 Å². The zero-order valence-corrected chi connectivity index (χ0v) is 18.3. The number of carbonyl (C=O) groups is 2. The Morgan fingerprint density at radius 2 is 1.63 bits per heavy atom. The molecule has 0 spiro atoms. The molecule has 162 valence electrons. The number of carbonyl (C=O) groups excluding carboxylic acids is 2. The Labute approximate surface area is 179 Å². The second-order valence-corrected chi connectivity index (χ2v) is 6.94. The van der Waals surface area contributed by atoms with Gasteiger partial charge in [-0.05, 0) is 50.5 Å². The van der Waals surface area contributed by atoms with Crippen molar-refractivity contribution in [1.29, 1.82) is 0 Å². The van der Waals surface area contributed by atoms with E-state index >= 15 is 0 Å². The third kappa shape index (κ3) is 6.51. The largest absolute Gasteiger partial charge is 0.490 e. The summed E-state index contributed by atoms with van der Waals surface area (Å²) in [6.45, 7) is 7.09. The number of benzene rings is 2. The lowest BCUT2D eigenvalue weighted by molar-refractivity contribution is -0.140. The molecule has 0 aliphatic carbocycles. The summed E-state index contributed by atoms with van der Waals surface area (Å²) in [5.74, 6) is 1.14. The van der Waals surface area contributed by atoms with Gasteiger partial charge in [-0.3, -0.25) is 9.59 Å². The molecule has 0 radical (unpaired) electrons. The van der Waals surface area contributed by atoms with Gasteiger partial charge in [-0.25, -0.2) is 0 Å². The molecule has 2 aromatic carbocycles. The maximum absolute atomic E-state index is 13.1. The van der Waals surface area contributed by atoms with E-state index in [1.807, 2.05) is 62.4 Å². The molecule has 1 N–H and O–H groups in total. The van der Waals surface area contributed by atoms with E-state index in [-0.39, 0.29) is 11.8 Å². The molecule has 2 aromatic rings. The maximum Gasteiger partial charge on any atom is 0.242 e. The average Bonchev–Trinajstić information content (AvgIpc) is 2.77. The monoisotopic (exact) mass is 412 g/mol. The van der Waals surface area contributed by atoms with Crippen LogP contribution in [0.4, 0.5) is 0 Å². The predicted molar refractivity (Wildman–Crippen MR) is 118 cm³/mol. The molecule has 1 atom stereocenters. The normalized spacial score (nSPS) is 11.5. The van der Waals surface area contributed by atoms with Crippen molar-refractivity contribution in [2.24, 2.45) is 0 Å². The van der Waals surface area contributed by atoms with Crippen molar-refractivity contribution in [3.05, 3.63) is 59.7 Å². The predicted octanol–water partition coefficient (Wildman–Crippen LogP) is 3.58. The molecule has 0 aliphatic heterocycles. The number of nitrogens with one attached hydrogen (secondary N) is 1. The Morgan fingerprint density at radius 3 is 2.27 bits per heavy atom. The van der Waals surface area contributed by atoms with Gasteiger partial charge < -0.3 is 19.7 Å². The van der Waals surface area contributed by atoms with Gasteiger partial charge in [0.2, 0.25) is 11.8 Å². The van der Waals surface area contributed by atoms with Gasteiger partial charge in [0.05, 0.1) is 13.2 Å². The smallest absolute Gasteiger partial charge is 0.242 e. The number of amides is 2. The highest BCUT2D eigenvalue weighted by atomic mass is 16.5. The van der Waals surface area contributed by atoms with Gasteiger partial charge in [0.15, 0.2) is 11.5 Å². The van der Waals surface area contributed by atoms with E-state index < -0.39 is 6.04 Å². The fourth-order valence-corrected chi connectivity index (χ4v) is 3.22. The van der Waals surface area contributed by atoms with Crippen LogP contribution < -0.4 is 14.8 Å². The molecule has 2 rings (SSSR count). The van der Waals surface area contributed by atoms with Gasteiger partial charge in [-0.1, -0.05) is 36.4 Å². The number of nitrogens with zero attached hydrogens (tertiary/aromatic N) is 1. The van der Waals surface area contributed by atoms with Crippen molar-refractivity contribution in [3.8, 4) is 11.5 Å². The first-order valence-electron chi connectivity index (χ1n) is 10.4. The number of hydrogen-bond donors (Lipinski definition) is 1. The molecule has 0 saturated carbocycles. The number of likely N-dealkylation sites (N-methyl/N-ethyl adjacent to an activating group) is 1. The van der Waals surface area contributed by atoms with Gasteiger partial charge in [-0.2, -0.15) is 0 Å². The summed E-state index contributed by atoms with van der Waals surface area (Å²) >= 11 is 0. The van der Waals surface area contributed by atoms with Crippen molar-refractivity contribution in [2.75, 3.05) is 20.3 Å². The molecule has 0 heterocycles. The van der Waals surface area contributed by atoms with Gasteiger partial charge in [0.25, 0.3) is 0 Å². The number of hydrogen-bond acceptors (Lipinski definition) is 4. The van der Waals surface area contributed by atoms with E-state index in [4.69, 9.17) is 9.47 Å². The highest BCUT2D eigenvalue weighted by Crippen LogP contribution is 2.29. The summed E-state index contributed by atoms with van der Waals surface area (Å²) in [5.41, 5.74) is 1.98. The van der Waals surface area contributed by atoms with E-state index in [2.05, 4.69) is 5.32 Å². The Balaban J connectivity index is 2.12. The van der Waals surface area contributed by atoms with Crippen molar-refractivity contribution in [3.63, 3.8) is 0 Å². The van der Waals surface area contributed by atoms with Crippen molar-refractivity contribution in [2.45, 2.75) is 46.2 Å². The van der Waals surface area contributed by atoms with Crippen LogP contribution in [0.25, 0.3) is 0 Å². The lowest BCUT2D eigenvalue weighted by Crippen LogP contribution is -2.46. The Bertz CT molecular complexity index is 823. The molecule has 0 aliphatic rings. The van der Waals surface area contributed by atoms with Crippen molar-refractivity contribution >= 4 is 11.8 Å². The molecule has 0 unspecified atom stereocenters. The Morgan fingerprint density at radius 1 is 0.967 bits per heavy atom. The van der Waals surface area contributed by atoms with Crippen molar-refractivity contribution in [1.82, 2.24) is 10.2 Å². The average molecular weight is 413 g/mol. The van der Waals surface area contributed by atoms with Crippen molar-refractivity contribution < 1.29 is 19.1 Å². The summed E-state index contributed by atoms with van der Waals surface area (Å²) < 4.78 is 11.3. The summed E-state index contributed by atoms with van der Waals surface area (Å²) in [6.07, 6.45) is 0.852. The molecule has 30 heavy (non-hydrogen) atoms. The molecule has 2 amide bonds. The summed E-state index contributed by atoms with van der Waals surface area (Å²) in [4.78, 5) is 26.9. The van der Waals surface area contributed by atoms with Crippen LogP contribution in [0.1, 0.15) is 38.3 Å². The van der Waals surface area contributed by atoms with Crippen LogP contribution in [0.3, 0.4) is 0 Å². The highest BCUT2D eigenvalue weighted by molar-refractivity contribution is 5.87. The second-order valence-electron chi connectivity index (χ2n) is 6.94. The number of aryl methyl sites for hydroxylation is 1. The minimum absolute atomic E-state index is 0.0678. The fraction of sp³-hybridized carbons (Fsp3) is 0.417. The molecule has 0 fully saturated rings. The molecule has 0 bridgehead atoms. The zero-order valence-electron chi connectivity index (χ0n) is 18.3. The van der Waals surface area contributed by atoms with Crippen LogP contribution in [0.15, 0.2) is 48.5 Å². The minimum atomic E-state index is -0.554. The quantitative estimate of drug-likeness (QED) is 0.613. The van der Waals surface area contributed by atoms with Crippen LogP contribution in [0, 0.1) is 0 Å². The first kappa shape index (κ1) is 23.3. The van der Waals surface area contributed by atoms with Crippen LogP contribution in [0.2, 0.25) is 0 Å². The summed E-state index contributed by atoms with van der Waals surface area (Å²) in [5, 5.41) is 2.64. The minimum Gasteiger partial charge on any atom is -0.490 e. The maximum atomic E-state index is 13.1. The fourth-order valence-electron chi connectivity index (χ4n) is 3.22. The van der Waals surface area contributed by atoms with Gasteiger partial charge in [0.1, 0.15) is 6.04 Å². The molecule has 6 nitrogen and oxygen atoms in total.